The Balaban J connectivity index is 2.32. The van der Waals surface area contributed by atoms with Crippen molar-refractivity contribution < 1.29 is 24.3 Å². The van der Waals surface area contributed by atoms with Crippen LogP contribution >= 0.6 is 0 Å². The third-order valence-corrected chi connectivity index (χ3v) is 4.47. The summed E-state index contributed by atoms with van der Waals surface area (Å²) < 4.78 is 11.9. The average Bonchev–Trinajstić information content (AvgIpc) is 2.68. The summed E-state index contributed by atoms with van der Waals surface area (Å²) >= 11 is 0. The molecule has 2 aromatic rings. The molecule has 0 aliphatic heterocycles. The van der Waals surface area contributed by atoms with Gasteiger partial charge in [0.1, 0.15) is 17.2 Å². The predicted octanol–water partition coefficient (Wildman–Crippen LogP) is 5.43. The molecule has 1 atom stereocenters. The van der Waals surface area contributed by atoms with E-state index in [-0.39, 0.29) is 22.8 Å². The van der Waals surface area contributed by atoms with Gasteiger partial charge in [-0.25, -0.2) is 0 Å². The molecule has 0 heterocycles. The summed E-state index contributed by atoms with van der Waals surface area (Å²) in [6.07, 6.45) is 2.94. The van der Waals surface area contributed by atoms with Crippen molar-refractivity contribution in [2.75, 3.05) is 0 Å². The fraction of sp³-hybridized carbons (Fsp3) is 0.409. The quantitative estimate of drug-likeness (QED) is 0.233. The van der Waals surface area contributed by atoms with E-state index in [2.05, 4.69) is 0 Å². The number of nitrogens with zero attached hydrogens (tertiary/aromatic N) is 1. The van der Waals surface area contributed by atoms with Crippen molar-refractivity contribution in [3.63, 3.8) is 0 Å². The first-order valence-electron chi connectivity index (χ1n) is 9.80. The number of ether oxygens (including phenoxy) is 2. The normalized spacial score (nSPS) is 11.7. The fourth-order valence-electron chi connectivity index (χ4n) is 2.98. The topological polar surface area (TPSA) is 98.9 Å². The van der Waals surface area contributed by atoms with Crippen molar-refractivity contribution >= 4 is 11.5 Å². The molecule has 2 aromatic carbocycles. The lowest BCUT2D eigenvalue weighted by Crippen LogP contribution is -2.24. The second-order valence-corrected chi connectivity index (χ2v) is 6.81. The number of phenolic OH excluding ortho intramolecular Hbond substituents is 1. The van der Waals surface area contributed by atoms with E-state index in [1.54, 1.807) is 18.2 Å². The van der Waals surface area contributed by atoms with Crippen LogP contribution in [0.3, 0.4) is 0 Å². The standard InChI is InChI=1S/C22H27NO6/c1-4-6-11-21(28-17-10-7-9-16(14-17)23(26)27)29-20-13-12-18(15(3)24)22(25)19(20)8-5-2/h7,9-10,12-14,21,25H,4-6,8,11H2,1-3H3. The van der Waals surface area contributed by atoms with Crippen molar-refractivity contribution in [2.24, 2.45) is 0 Å². The molecule has 0 saturated carbocycles. The highest BCUT2D eigenvalue weighted by Crippen LogP contribution is 2.34. The van der Waals surface area contributed by atoms with Gasteiger partial charge in [-0.3, -0.25) is 14.9 Å². The van der Waals surface area contributed by atoms with Gasteiger partial charge in [0.2, 0.25) is 6.29 Å². The molecule has 0 aliphatic rings. The van der Waals surface area contributed by atoms with Crippen LogP contribution in [0.1, 0.15) is 62.4 Å². The molecule has 0 saturated heterocycles. The first-order chi connectivity index (χ1) is 13.9. The summed E-state index contributed by atoms with van der Waals surface area (Å²) in [5.41, 5.74) is 0.752. The monoisotopic (exact) mass is 401 g/mol. The zero-order valence-electron chi connectivity index (χ0n) is 17.0. The SMILES string of the molecule is CCCCC(Oc1cccc([N+](=O)[O-])c1)Oc1ccc(C(C)=O)c(O)c1CCC. The number of hydrogen-bond donors (Lipinski definition) is 1. The second kappa shape index (κ2) is 10.5. The molecule has 7 nitrogen and oxygen atoms in total. The Hall–Kier alpha value is -3.09. The maximum Gasteiger partial charge on any atom is 0.273 e. The Bertz CT molecular complexity index is 864. The number of non-ortho nitro benzene ring substituents is 1. The van der Waals surface area contributed by atoms with Crippen molar-refractivity contribution in [1.29, 1.82) is 0 Å². The van der Waals surface area contributed by atoms with Crippen molar-refractivity contribution in [2.45, 2.75) is 59.2 Å². The number of hydrogen-bond acceptors (Lipinski definition) is 6. The minimum absolute atomic E-state index is 0.0631. The molecule has 1 N–H and O–H groups in total. The number of carbonyl (C=O) groups excluding carboxylic acids is 1. The summed E-state index contributed by atoms with van der Waals surface area (Å²) in [5, 5.41) is 21.5. The zero-order valence-corrected chi connectivity index (χ0v) is 17.0. The average molecular weight is 401 g/mol. The summed E-state index contributed by atoms with van der Waals surface area (Å²) in [6, 6.07) is 9.14. The van der Waals surface area contributed by atoms with Gasteiger partial charge in [-0.05, 0) is 38.0 Å². The predicted molar refractivity (Wildman–Crippen MR) is 110 cm³/mol. The van der Waals surface area contributed by atoms with Gasteiger partial charge in [0.25, 0.3) is 5.69 Å². The van der Waals surface area contributed by atoms with Gasteiger partial charge in [-0.2, -0.15) is 0 Å². The van der Waals surface area contributed by atoms with Gasteiger partial charge < -0.3 is 14.6 Å². The highest BCUT2D eigenvalue weighted by molar-refractivity contribution is 5.97. The van der Waals surface area contributed by atoms with Crippen LogP contribution in [0.15, 0.2) is 36.4 Å². The highest BCUT2D eigenvalue weighted by atomic mass is 16.7. The maximum atomic E-state index is 11.7. The molecule has 0 aliphatic carbocycles. The number of ketones is 1. The Morgan fingerprint density at radius 2 is 1.93 bits per heavy atom. The van der Waals surface area contributed by atoms with Gasteiger partial charge in [0, 0.05) is 18.1 Å². The molecular formula is C22H27NO6. The van der Waals surface area contributed by atoms with Crippen LogP contribution in [0.2, 0.25) is 0 Å². The lowest BCUT2D eigenvalue weighted by Gasteiger charge is -2.23. The summed E-state index contributed by atoms with van der Waals surface area (Å²) in [5.74, 6) is 0.492. The van der Waals surface area contributed by atoms with Crippen LogP contribution in [0.25, 0.3) is 0 Å². The molecule has 0 radical (unpaired) electrons. The van der Waals surface area contributed by atoms with E-state index in [1.807, 2.05) is 13.8 Å². The van der Waals surface area contributed by atoms with E-state index in [9.17, 15) is 20.0 Å². The van der Waals surface area contributed by atoms with Crippen LogP contribution in [-0.2, 0) is 6.42 Å². The second-order valence-electron chi connectivity index (χ2n) is 6.81. The minimum Gasteiger partial charge on any atom is -0.507 e. The van der Waals surface area contributed by atoms with Gasteiger partial charge in [0.15, 0.2) is 5.78 Å². The summed E-state index contributed by atoms with van der Waals surface area (Å²) in [4.78, 5) is 22.3. The lowest BCUT2D eigenvalue weighted by molar-refractivity contribution is -0.385. The summed E-state index contributed by atoms with van der Waals surface area (Å²) in [6.45, 7) is 5.42. The number of unbranched alkanes of at least 4 members (excludes halogenated alkanes) is 1. The smallest absolute Gasteiger partial charge is 0.273 e. The molecule has 0 fully saturated rings. The number of aromatic hydroxyl groups is 1. The van der Waals surface area contributed by atoms with E-state index in [1.165, 1.54) is 25.1 Å². The van der Waals surface area contributed by atoms with Gasteiger partial charge in [0.05, 0.1) is 16.6 Å². The van der Waals surface area contributed by atoms with Crippen LogP contribution in [0, 0.1) is 10.1 Å². The number of phenols is 1. The number of nitro benzene ring substituents is 1. The van der Waals surface area contributed by atoms with Crippen molar-refractivity contribution in [3.05, 3.63) is 57.6 Å². The molecule has 0 spiro atoms. The number of carbonyl (C=O) groups is 1. The van der Waals surface area contributed by atoms with Crippen LogP contribution < -0.4 is 9.47 Å². The largest absolute Gasteiger partial charge is 0.507 e. The van der Waals surface area contributed by atoms with Gasteiger partial charge >= 0.3 is 0 Å². The fourth-order valence-corrected chi connectivity index (χ4v) is 2.98. The third-order valence-electron chi connectivity index (χ3n) is 4.47. The Kier molecular flexibility index (Phi) is 8.00. The maximum absolute atomic E-state index is 11.7. The molecule has 29 heavy (non-hydrogen) atoms. The Morgan fingerprint density at radius 1 is 1.17 bits per heavy atom. The minimum atomic E-state index is -0.685. The van der Waals surface area contributed by atoms with Gasteiger partial charge in [-0.15, -0.1) is 0 Å². The van der Waals surface area contributed by atoms with E-state index in [4.69, 9.17) is 9.47 Å². The molecule has 156 valence electrons. The van der Waals surface area contributed by atoms with Crippen LogP contribution in [-0.4, -0.2) is 22.1 Å². The molecule has 1 unspecified atom stereocenters. The number of Topliss-reactive ketones (excluding diaryl/α,β-unsaturated/α-hetero) is 1. The van der Waals surface area contributed by atoms with Gasteiger partial charge in [-0.1, -0.05) is 32.8 Å². The molecule has 2 rings (SSSR count). The Morgan fingerprint density at radius 3 is 2.55 bits per heavy atom. The van der Waals surface area contributed by atoms with E-state index in [0.29, 0.717) is 29.9 Å². The third kappa shape index (κ3) is 5.94. The van der Waals surface area contributed by atoms with E-state index >= 15 is 0 Å². The van der Waals surface area contributed by atoms with Crippen molar-refractivity contribution in [3.8, 4) is 17.2 Å². The molecular weight excluding hydrogens is 374 g/mol. The zero-order chi connectivity index (χ0) is 21.4. The number of benzene rings is 2. The molecule has 0 amide bonds. The molecule has 0 bridgehead atoms. The molecule has 0 aromatic heterocycles. The highest BCUT2D eigenvalue weighted by Gasteiger charge is 2.20. The van der Waals surface area contributed by atoms with Crippen molar-refractivity contribution in [1.82, 2.24) is 0 Å². The first kappa shape index (κ1) is 22.2. The number of nitro groups is 1. The van der Waals surface area contributed by atoms with E-state index < -0.39 is 11.2 Å². The first-order valence-corrected chi connectivity index (χ1v) is 9.80. The number of rotatable bonds is 11. The lowest BCUT2D eigenvalue weighted by atomic mass is 10.0. The summed E-state index contributed by atoms with van der Waals surface area (Å²) in [7, 11) is 0. The molecule has 7 heteroatoms. The van der Waals surface area contributed by atoms with Crippen LogP contribution in [0.5, 0.6) is 17.2 Å². The Labute approximate surface area is 170 Å². The van der Waals surface area contributed by atoms with E-state index in [0.717, 1.165) is 19.3 Å². The van der Waals surface area contributed by atoms with Crippen LogP contribution in [0.4, 0.5) is 5.69 Å².